The predicted molar refractivity (Wildman–Crippen MR) is 83.0 cm³/mol. The maximum absolute atomic E-state index is 5.91. The van der Waals surface area contributed by atoms with Crippen LogP contribution < -0.4 is 5.73 Å². The summed E-state index contributed by atoms with van der Waals surface area (Å²) in [6.45, 7) is 7.43. The Morgan fingerprint density at radius 3 is 2.91 bits per heavy atom. The molecule has 0 radical (unpaired) electrons. The van der Waals surface area contributed by atoms with E-state index in [2.05, 4.69) is 44.6 Å². The monoisotopic (exact) mass is 302 g/mol. The Hall–Kier alpha value is -1.99. The second kappa shape index (κ2) is 6.41. The van der Waals surface area contributed by atoms with Crippen molar-refractivity contribution in [3.8, 4) is 0 Å². The van der Waals surface area contributed by atoms with Crippen LogP contribution in [0.3, 0.4) is 0 Å². The average Bonchev–Trinajstić information content (AvgIpc) is 2.96. The number of nitrogens with zero attached hydrogens (tertiary/aromatic N) is 5. The van der Waals surface area contributed by atoms with Gasteiger partial charge in [-0.15, -0.1) is 0 Å². The Bertz CT molecular complexity index is 626. The smallest absolute Gasteiger partial charge is 0.147 e. The molecule has 2 aromatic rings. The molecule has 2 aromatic heterocycles. The summed E-state index contributed by atoms with van der Waals surface area (Å²) in [5.74, 6) is 0.446. The van der Waals surface area contributed by atoms with Gasteiger partial charge in [0.15, 0.2) is 0 Å². The maximum atomic E-state index is 5.91. The van der Waals surface area contributed by atoms with Crippen LogP contribution >= 0.6 is 0 Å². The number of hydrogen-bond acceptors (Lipinski definition) is 6. The standard InChI is InChI=1S/C15H22N6O/c1-11(2)21-12(3-4-19-21)9-20-7-8-22-13(10-20)14-15(16)18-6-5-17-14/h3-6,11,13H,7-10H2,1-2H3,(H2,16,18)/t13-/m0/s1. The maximum Gasteiger partial charge on any atom is 0.147 e. The lowest BCUT2D eigenvalue weighted by Crippen LogP contribution is -2.39. The third-order valence-electron chi connectivity index (χ3n) is 3.84. The second-order valence-corrected chi connectivity index (χ2v) is 5.78. The van der Waals surface area contributed by atoms with Crippen LogP contribution in [0.15, 0.2) is 24.7 Å². The summed E-state index contributed by atoms with van der Waals surface area (Å²) in [6, 6.07) is 2.43. The van der Waals surface area contributed by atoms with Crippen molar-refractivity contribution in [2.75, 3.05) is 25.4 Å². The van der Waals surface area contributed by atoms with Gasteiger partial charge in [0.25, 0.3) is 0 Å². The fourth-order valence-corrected chi connectivity index (χ4v) is 2.78. The first kappa shape index (κ1) is 14.9. The molecule has 7 heteroatoms. The third-order valence-corrected chi connectivity index (χ3v) is 3.84. The van der Waals surface area contributed by atoms with Gasteiger partial charge in [0.1, 0.15) is 17.6 Å². The summed E-state index contributed by atoms with van der Waals surface area (Å²) in [5.41, 5.74) is 7.85. The van der Waals surface area contributed by atoms with Crippen molar-refractivity contribution in [1.29, 1.82) is 0 Å². The first-order valence-corrected chi connectivity index (χ1v) is 7.58. The van der Waals surface area contributed by atoms with Gasteiger partial charge in [0.2, 0.25) is 0 Å². The zero-order valence-electron chi connectivity index (χ0n) is 13.0. The van der Waals surface area contributed by atoms with Gasteiger partial charge in [0, 0.05) is 44.3 Å². The molecule has 2 N–H and O–H groups in total. The van der Waals surface area contributed by atoms with E-state index in [0.717, 1.165) is 25.3 Å². The van der Waals surface area contributed by atoms with E-state index in [1.807, 2.05) is 6.20 Å². The molecule has 7 nitrogen and oxygen atoms in total. The van der Waals surface area contributed by atoms with E-state index >= 15 is 0 Å². The van der Waals surface area contributed by atoms with E-state index in [4.69, 9.17) is 10.5 Å². The minimum Gasteiger partial charge on any atom is -0.382 e. The van der Waals surface area contributed by atoms with Gasteiger partial charge >= 0.3 is 0 Å². The number of rotatable bonds is 4. The number of aromatic nitrogens is 4. The fraction of sp³-hybridized carbons (Fsp3) is 0.533. The van der Waals surface area contributed by atoms with Crippen LogP contribution in [0.4, 0.5) is 5.82 Å². The third kappa shape index (κ3) is 3.10. The number of nitrogens with two attached hydrogens (primary N) is 1. The van der Waals surface area contributed by atoms with Crippen molar-refractivity contribution in [2.45, 2.75) is 32.5 Å². The molecule has 118 valence electrons. The molecular formula is C15H22N6O. The summed E-state index contributed by atoms with van der Waals surface area (Å²) < 4.78 is 7.88. The first-order chi connectivity index (χ1) is 10.6. The van der Waals surface area contributed by atoms with Crippen LogP contribution in [-0.4, -0.2) is 44.3 Å². The summed E-state index contributed by atoms with van der Waals surface area (Å²) in [5, 5.41) is 4.39. The molecule has 1 aliphatic heterocycles. The predicted octanol–water partition coefficient (Wildman–Crippen LogP) is 1.41. The molecule has 0 aromatic carbocycles. The lowest BCUT2D eigenvalue weighted by molar-refractivity contribution is -0.0355. The van der Waals surface area contributed by atoms with E-state index < -0.39 is 0 Å². The lowest BCUT2D eigenvalue weighted by atomic mass is 10.2. The van der Waals surface area contributed by atoms with E-state index in [1.54, 1.807) is 12.4 Å². The molecule has 1 fully saturated rings. The number of nitrogen functional groups attached to an aromatic ring is 1. The van der Waals surface area contributed by atoms with Crippen molar-refractivity contribution in [3.05, 3.63) is 36.0 Å². The molecule has 1 atom stereocenters. The normalized spacial score (nSPS) is 19.7. The fourth-order valence-electron chi connectivity index (χ4n) is 2.78. The molecule has 1 aliphatic rings. The SMILES string of the molecule is CC(C)n1nccc1CN1CCO[C@H](c2nccnc2N)C1. The quantitative estimate of drug-likeness (QED) is 0.919. The minimum absolute atomic E-state index is 0.127. The minimum atomic E-state index is -0.127. The molecule has 0 unspecified atom stereocenters. The number of anilines is 1. The molecule has 3 rings (SSSR count). The van der Waals surface area contributed by atoms with Crippen LogP contribution in [0.25, 0.3) is 0 Å². The van der Waals surface area contributed by atoms with Gasteiger partial charge in [-0.1, -0.05) is 0 Å². The van der Waals surface area contributed by atoms with Gasteiger partial charge in [-0.25, -0.2) is 4.98 Å². The summed E-state index contributed by atoms with van der Waals surface area (Å²) in [6.07, 6.45) is 4.98. The molecular weight excluding hydrogens is 280 g/mol. The highest BCUT2D eigenvalue weighted by Crippen LogP contribution is 2.24. The van der Waals surface area contributed by atoms with Gasteiger partial charge < -0.3 is 10.5 Å². The van der Waals surface area contributed by atoms with E-state index in [1.165, 1.54) is 5.69 Å². The lowest BCUT2D eigenvalue weighted by Gasteiger charge is -2.33. The number of morpholine rings is 1. The van der Waals surface area contributed by atoms with Gasteiger partial charge in [0.05, 0.1) is 12.3 Å². The van der Waals surface area contributed by atoms with Crippen LogP contribution in [0.5, 0.6) is 0 Å². The van der Waals surface area contributed by atoms with Crippen LogP contribution in [0.1, 0.15) is 37.4 Å². The average molecular weight is 302 g/mol. The summed E-state index contributed by atoms with van der Waals surface area (Å²) in [4.78, 5) is 10.8. The van der Waals surface area contributed by atoms with E-state index in [0.29, 0.717) is 18.5 Å². The van der Waals surface area contributed by atoms with E-state index in [-0.39, 0.29) is 6.10 Å². The van der Waals surface area contributed by atoms with Crippen molar-refractivity contribution in [2.24, 2.45) is 0 Å². The Labute approximate surface area is 130 Å². The van der Waals surface area contributed by atoms with Crippen LogP contribution in [0, 0.1) is 0 Å². The zero-order valence-corrected chi connectivity index (χ0v) is 13.0. The van der Waals surface area contributed by atoms with Gasteiger partial charge in [-0.3, -0.25) is 14.6 Å². The van der Waals surface area contributed by atoms with Crippen LogP contribution in [-0.2, 0) is 11.3 Å². The largest absolute Gasteiger partial charge is 0.382 e. The van der Waals surface area contributed by atoms with Crippen molar-refractivity contribution >= 4 is 5.82 Å². The number of hydrogen-bond donors (Lipinski definition) is 1. The van der Waals surface area contributed by atoms with Gasteiger partial charge in [-0.05, 0) is 19.9 Å². The zero-order chi connectivity index (χ0) is 15.5. The molecule has 1 saturated heterocycles. The highest BCUT2D eigenvalue weighted by molar-refractivity contribution is 5.35. The van der Waals surface area contributed by atoms with Crippen molar-refractivity contribution in [1.82, 2.24) is 24.6 Å². The molecule has 0 bridgehead atoms. The number of ether oxygens (including phenoxy) is 1. The Morgan fingerprint density at radius 2 is 2.14 bits per heavy atom. The van der Waals surface area contributed by atoms with Gasteiger partial charge in [-0.2, -0.15) is 5.10 Å². The Balaban J connectivity index is 1.71. The van der Waals surface area contributed by atoms with Crippen LogP contribution in [0.2, 0.25) is 0 Å². The molecule has 3 heterocycles. The molecule has 0 aliphatic carbocycles. The molecule has 0 amide bonds. The first-order valence-electron chi connectivity index (χ1n) is 7.58. The Morgan fingerprint density at radius 1 is 1.32 bits per heavy atom. The molecule has 0 saturated carbocycles. The highest BCUT2D eigenvalue weighted by Gasteiger charge is 2.25. The highest BCUT2D eigenvalue weighted by atomic mass is 16.5. The summed E-state index contributed by atoms with van der Waals surface area (Å²) >= 11 is 0. The topological polar surface area (TPSA) is 82.1 Å². The Kier molecular flexibility index (Phi) is 4.35. The summed E-state index contributed by atoms with van der Waals surface area (Å²) in [7, 11) is 0. The molecule has 22 heavy (non-hydrogen) atoms. The van der Waals surface area contributed by atoms with Crippen molar-refractivity contribution in [3.63, 3.8) is 0 Å². The van der Waals surface area contributed by atoms with Crippen molar-refractivity contribution < 1.29 is 4.74 Å². The molecule has 0 spiro atoms. The second-order valence-electron chi connectivity index (χ2n) is 5.78. The van der Waals surface area contributed by atoms with E-state index in [9.17, 15) is 0 Å².